The van der Waals surface area contributed by atoms with Crippen LogP contribution in [0.5, 0.6) is 0 Å². The molecule has 6 nitrogen and oxygen atoms in total. The molecule has 0 aromatic heterocycles. The second-order valence-electron chi connectivity index (χ2n) is 6.92. The highest BCUT2D eigenvalue weighted by Gasteiger charge is 2.52. The standard InChI is InChI=1S/C19H16ClFN2O4S/c20-16-14(28-13-7-2-1-6-12(13)23(26)27)8-10-15(16)9-4-3-5-11(21)17(9)22-18(10)19(24)25/h1-7,10,14-16,18,22H,8H2,(H,24,25). The molecule has 2 aliphatic rings. The Bertz CT molecular complexity index is 959. The number of nitro benzene ring substituents is 1. The van der Waals surface area contributed by atoms with Crippen molar-refractivity contribution in [1.29, 1.82) is 0 Å². The van der Waals surface area contributed by atoms with Gasteiger partial charge in [0.05, 0.1) is 20.9 Å². The van der Waals surface area contributed by atoms with E-state index in [1.807, 2.05) is 0 Å². The summed E-state index contributed by atoms with van der Waals surface area (Å²) in [7, 11) is 0. The third-order valence-corrected chi connectivity index (χ3v) is 7.52. The largest absolute Gasteiger partial charge is 0.480 e. The molecular weight excluding hydrogens is 407 g/mol. The summed E-state index contributed by atoms with van der Waals surface area (Å²) < 4.78 is 14.3. The first-order valence-electron chi connectivity index (χ1n) is 8.70. The number of rotatable bonds is 4. The number of alkyl halides is 1. The van der Waals surface area contributed by atoms with Crippen LogP contribution in [0.15, 0.2) is 47.4 Å². The van der Waals surface area contributed by atoms with Crippen molar-refractivity contribution in [3.63, 3.8) is 0 Å². The Morgan fingerprint density at radius 1 is 1.29 bits per heavy atom. The molecule has 1 aliphatic carbocycles. The molecule has 2 aromatic rings. The van der Waals surface area contributed by atoms with Crippen molar-refractivity contribution in [2.75, 3.05) is 5.32 Å². The van der Waals surface area contributed by atoms with Crippen molar-refractivity contribution in [3.05, 3.63) is 64.0 Å². The van der Waals surface area contributed by atoms with Crippen molar-refractivity contribution in [2.24, 2.45) is 5.92 Å². The summed E-state index contributed by atoms with van der Waals surface area (Å²) in [6, 6.07) is 10.1. The van der Waals surface area contributed by atoms with E-state index in [0.717, 1.165) is 0 Å². The molecule has 0 amide bonds. The molecule has 0 saturated heterocycles. The van der Waals surface area contributed by atoms with Crippen molar-refractivity contribution in [3.8, 4) is 0 Å². The molecule has 1 heterocycles. The zero-order valence-corrected chi connectivity index (χ0v) is 16.0. The number of hydrogen-bond donors (Lipinski definition) is 2. The summed E-state index contributed by atoms with van der Waals surface area (Å²) in [5.74, 6) is -2.27. The number of halogens is 2. The van der Waals surface area contributed by atoms with Crippen LogP contribution in [0.2, 0.25) is 0 Å². The van der Waals surface area contributed by atoms with Gasteiger partial charge in [-0.15, -0.1) is 23.4 Å². The van der Waals surface area contributed by atoms with Crippen molar-refractivity contribution in [2.45, 2.75) is 33.9 Å². The van der Waals surface area contributed by atoms with Gasteiger partial charge in [0.2, 0.25) is 0 Å². The molecule has 146 valence electrons. The van der Waals surface area contributed by atoms with E-state index in [1.54, 1.807) is 30.3 Å². The van der Waals surface area contributed by atoms with Crippen molar-refractivity contribution < 1.29 is 19.2 Å². The summed E-state index contributed by atoms with van der Waals surface area (Å²) in [5.41, 5.74) is 0.830. The van der Waals surface area contributed by atoms with E-state index < -0.39 is 28.1 Å². The summed E-state index contributed by atoms with van der Waals surface area (Å²) in [5, 5.41) is 23.1. The Labute approximate surface area is 169 Å². The van der Waals surface area contributed by atoms with Gasteiger partial charge in [-0.25, -0.2) is 9.18 Å². The predicted molar refractivity (Wildman–Crippen MR) is 105 cm³/mol. The number of nitrogens with one attached hydrogen (secondary N) is 1. The number of nitrogens with zero attached hydrogens (tertiary/aromatic N) is 1. The van der Waals surface area contributed by atoms with Crippen LogP contribution in [0.1, 0.15) is 17.9 Å². The van der Waals surface area contributed by atoms with E-state index >= 15 is 0 Å². The van der Waals surface area contributed by atoms with Gasteiger partial charge in [0.1, 0.15) is 11.9 Å². The lowest BCUT2D eigenvalue weighted by Gasteiger charge is -2.35. The molecule has 4 rings (SSSR count). The van der Waals surface area contributed by atoms with E-state index in [-0.39, 0.29) is 28.5 Å². The maximum absolute atomic E-state index is 14.3. The van der Waals surface area contributed by atoms with Gasteiger partial charge in [-0.3, -0.25) is 10.1 Å². The first-order valence-corrected chi connectivity index (χ1v) is 10.0. The smallest absolute Gasteiger partial charge is 0.326 e. The normalized spacial score (nSPS) is 28.1. The molecule has 2 N–H and O–H groups in total. The van der Waals surface area contributed by atoms with Crippen LogP contribution >= 0.6 is 23.4 Å². The highest BCUT2D eigenvalue weighted by molar-refractivity contribution is 8.00. The predicted octanol–water partition coefficient (Wildman–Crippen LogP) is 4.48. The lowest BCUT2D eigenvalue weighted by Crippen LogP contribution is -2.43. The zero-order valence-electron chi connectivity index (χ0n) is 14.4. The first-order chi connectivity index (χ1) is 13.4. The Morgan fingerprint density at radius 3 is 2.75 bits per heavy atom. The molecule has 5 atom stereocenters. The number of hydrogen-bond acceptors (Lipinski definition) is 5. The Balaban J connectivity index is 1.70. The summed E-state index contributed by atoms with van der Waals surface area (Å²) in [6.07, 6.45) is 0.454. The number of thioether (sulfide) groups is 1. The molecular formula is C19H16ClFN2O4S. The SMILES string of the molecule is O=C(O)C1Nc2c(F)cccc2C2C(Cl)C(Sc3ccccc3[N+](=O)[O-])CC12. The van der Waals surface area contributed by atoms with Gasteiger partial charge in [-0.05, 0) is 30.0 Å². The van der Waals surface area contributed by atoms with E-state index in [9.17, 15) is 24.4 Å². The topological polar surface area (TPSA) is 92.5 Å². The number of nitro groups is 1. The number of para-hydroxylation sites is 2. The fraction of sp³-hybridized carbons (Fsp3) is 0.316. The Kier molecular flexibility index (Phi) is 4.93. The number of carboxylic acid groups (broad SMARTS) is 1. The number of benzene rings is 2. The van der Waals surface area contributed by atoms with Crippen LogP contribution in [0.4, 0.5) is 15.8 Å². The molecule has 1 aliphatic heterocycles. The second-order valence-corrected chi connectivity index (χ2v) is 8.70. The van der Waals surface area contributed by atoms with Gasteiger partial charge in [0.15, 0.2) is 0 Å². The molecule has 0 bridgehead atoms. The fourth-order valence-corrected chi connectivity index (χ4v) is 6.16. The molecule has 2 aromatic carbocycles. The monoisotopic (exact) mass is 422 g/mol. The lowest BCUT2D eigenvalue weighted by molar-refractivity contribution is -0.387. The number of carbonyl (C=O) groups is 1. The van der Waals surface area contributed by atoms with Crippen LogP contribution < -0.4 is 5.32 Å². The maximum Gasteiger partial charge on any atom is 0.326 e. The molecule has 5 unspecified atom stereocenters. The average Bonchev–Trinajstić information content (AvgIpc) is 2.98. The quantitative estimate of drug-likeness (QED) is 0.428. The number of carboxylic acids is 1. The fourth-order valence-electron chi connectivity index (χ4n) is 4.22. The Morgan fingerprint density at radius 2 is 2.04 bits per heavy atom. The number of fused-ring (bicyclic) bond motifs is 3. The van der Waals surface area contributed by atoms with E-state index in [1.165, 1.54) is 23.9 Å². The van der Waals surface area contributed by atoms with Crippen LogP contribution in [-0.2, 0) is 4.79 Å². The molecule has 1 saturated carbocycles. The van der Waals surface area contributed by atoms with Gasteiger partial charge in [0.25, 0.3) is 5.69 Å². The number of anilines is 1. The minimum Gasteiger partial charge on any atom is -0.480 e. The first kappa shape index (κ1) is 19.0. The van der Waals surface area contributed by atoms with E-state index in [0.29, 0.717) is 16.9 Å². The van der Waals surface area contributed by atoms with E-state index in [4.69, 9.17) is 11.6 Å². The van der Waals surface area contributed by atoms with Crippen molar-refractivity contribution in [1.82, 2.24) is 0 Å². The highest BCUT2D eigenvalue weighted by atomic mass is 35.5. The minimum absolute atomic E-state index is 0.00871. The summed E-state index contributed by atoms with van der Waals surface area (Å²) >= 11 is 8.03. The molecule has 1 fully saturated rings. The van der Waals surface area contributed by atoms with E-state index in [2.05, 4.69) is 5.32 Å². The zero-order chi connectivity index (χ0) is 20.0. The van der Waals surface area contributed by atoms with Crippen LogP contribution in [0, 0.1) is 21.8 Å². The molecule has 0 spiro atoms. The van der Waals surface area contributed by atoms with Gasteiger partial charge >= 0.3 is 5.97 Å². The van der Waals surface area contributed by atoms with Gasteiger partial charge < -0.3 is 10.4 Å². The lowest BCUT2D eigenvalue weighted by atomic mass is 9.79. The third-order valence-electron chi connectivity index (χ3n) is 5.40. The highest BCUT2D eigenvalue weighted by Crippen LogP contribution is 2.55. The van der Waals surface area contributed by atoms with Crippen LogP contribution in [0.25, 0.3) is 0 Å². The third kappa shape index (κ3) is 3.10. The Hall–Kier alpha value is -2.32. The van der Waals surface area contributed by atoms with Crippen LogP contribution in [-0.4, -0.2) is 32.7 Å². The van der Waals surface area contributed by atoms with Gasteiger partial charge in [0, 0.05) is 17.2 Å². The van der Waals surface area contributed by atoms with Gasteiger partial charge in [-0.2, -0.15) is 0 Å². The molecule has 28 heavy (non-hydrogen) atoms. The summed E-state index contributed by atoms with van der Waals surface area (Å²) in [4.78, 5) is 23.2. The molecule has 0 radical (unpaired) electrons. The van der Waals surface area contributed by atoms with Gasteiger partial charge in [-0.1, -0.05) is 24.3 Å². The average molecular weight is 423 g/mol. The summed E-state index contributed by atoms with van der Waals surface area (Å²) in [6.45, 7) is 0. The van der Waals surface area contributed by atoms with Crippen molar-refractivity contribution >= 4 is 40.7 Å². The minimum atomic E-state index is -1.07. The second kappa shape index (κ2) is 7.25. The van der Waals surface area contributed by atoms with Crippen LogP contribution in [0.3, 0.4) is 0 Å². The maximum atomic E-state index is 14.3. The number of aliphatic carboxylic acids is 1. The molecule has 9 heteroatoms.